The van der Waals surface area contributed by atoms with Crippen LogP contribution in [-0.4, -0.2) is 35.7 Å². The zero-order valence-electron chi connectivity index (χ0n) is 5.80. The maximum atomic E-state index is 9.57. The highest BCUT2D eigenvalue weighted by Crippen LogP contribution is 2.42. The van der Waals surface area contributed by atoms with E-state index in [2.05, 4.69) is 11.9 Å². The number of rotatable bonds is 0. The van der Waals surface area contributed by atoms with E-state index in [1.165, 1.54) is 6.54 Å². The van der Waals surface area contributed by atoms with Gasteiger partial charge in [0.25, 0.3) is 0 Å². The largest absolute Gasteiger partial charge is 0.389 e. The van der Waals surface area contributed by atoms with Crippen molar-refractivity contribution < 1.29 is 5.11 Å². The number of piperidine rings is 2. The lowest BCUT2D eigenvalue weighted by Gasteiger charge is -2.52. The molecule has 1 N–H and O–H groups in total. The van der Waals surface area contributed by atoms with E-state index in [1.807, 2.05) is 0 Å². The van der Waals surface area contributed by atoms with Crippen molar-refractivity contribution in [1.82, 2.24) is 4.90 Å². The summed E-state index contributed by atoms with van der Waals surface area (Å²) in [7, 11) is 2.08. The summed E-state index contributed by atoms with van der Waals surface area (Å²) >= 11 is 0. The van der Waals surface area contributed by atoms with Crippen LogP contribution in [0, 0.1) is 5.92 Å². The second-order valence-electron chi connectivity index (χ2n) is 3.70. The molecule has 3 fully saturated rings. The van der Waals surface area contributed by atoms with Crippen LogP contribution in [0.3, 0.4) is 0 Å². The van der Waals surface area contributed by atoms with Crippen molar-refractivity contribution >= 4 is 0 Å². The first-order valence-electron chi connectivity index (χ1n) is 3.59. The van der Waals surface area contributed by atoms with Gasteiger partial charge in [0.2, 0.25) is 0 Å². The standard InChI is InChI=1S/C7H13NO/c1-8-4-6-2-7(9,3-6)5-8/h6,9H,2-5H2,1H3. The van der Waals surface area contributed by atoms with Gasteiger partial charge in [0.05, 0.1) is 5.60 Å². The minimum absolute atomic E-state index is 0.280. The number of nitrogens with zero attached hydrogens (tertiary/aromatic N) is 1. The Balaban J connectivity index is 2.05. The van der Waals surface area contributed by atoms with Gasteiger partial charge in [-0.25, -0.2) is 0 Å². The Bertz CT molecular complexity index is 126. The Morgan fingerprint density at radius 3 is 2.56 bits per heavy atom. The van der Waals surface area contributed by atoms with Gasteiger partial charge in [-0.05, 0) is 25.8 Å². The number of fused-ring (bicyclic) bond motifs is 2. The van der Waals surface area contributed by atoms with E-state index in [-0.39, 0.29) is 5.60 Å². The van der Waals surface area contributed by atoms with Crippen LogP contribution in [0.25, 0.3) is 0 Å². The Morgan fingerprint density at radius 1 is 1.56 bits per heavy atom. The molecule has 0 aromatic rings. The number of aliphatic hydroxyl groups is 1. The summed E-state index contributed by atoms with van der Waals surface area (Å²) in [5, 5.41) is 9.57. The van der Waals surface area contributed by atoms with Crippen molar-refractivity contribution in [3.05, 3.63) is 0 Å². The average Bonchev–Trinajstić information content (AvgIpc) is 1.58. The van der Waals surface area contributed by atoms with Gasteiger partial charge < -0.3 is 10.0 Å². The maximum absolute atomic E-state index is 9.57. The minimum atomic E-state index is -0.280. The first-order valence-corrected chi connectivity index (χ1v) is 3.59. The molecule has 0 spiro atoms. The summed E-state index contributed by atoms with van der Waals surface area (Å²) in [6.07, 6.45) is 2.11. The van der Waals surface area contributed by atoms with E-state index in [9.17, 15) is 5.11 Å². The molecule has 0 radical (unpaired) electrons. The van der Waals surface area contributed by atoms with Crippen LogP contribution in [0.2, 0.25) is 0 Å². The average molecular weight is 127 g/mol. The lowest BCUT2D eigenvalue weighted by Crippen LogP contribution is -2.59. The van der Waals surface area contributed by atoms with Crippen molar-refractivity contribution in [2.75, 3.05) is 20.1 Å². The van der Waals surface area contributed by atoms with Gasteiger partial charge in [-0.2, -0.15) is 0 Å². The molecule has 0 unspecified atom stereocenters. The molecule has 52 valence electrons. The van der Waals surface area contributed by atoms with Crippen molar-refractivity contribution in [3.63, 3.8) is 0 Å². The quantitative estimate of drug-likeness (QED) is 0.498. The Labute approximate surface area is 55.5 Å². The monoisotopic (exact) mass is 127 g/mol. The number of likely N-dealkylation sites (N-methyl/N-ethyl adjacent to an activating group) is 1. The van der Waals surface area contributed by atoms with Crippen LogP contribution >= 0.6 is 0 Å². The summed E-state index contributed by atoms with van der Waals surface area (Å²) in [5.74, 6) is 0.800. The van der Waals surface area contributed by atoms with Gasteiger partial charge in [0.1, 0.15) is 0 Å². The highest BCUT2D eigenvalue weighted by Gasteiger charge is 2.47. The van der Waals surface area contributed by atoms with Crippen LogP contribution in [0.1, 0.15) is 12.8 Å². The number of hydrogen-bond donors (Lipinski definition) is 1. The van der Waals surface area contributed by atoms with Gasteiger partial charge in [0.15, 0.2) is 0 Å². The lowest BCUT2D eigenvalue weighted by atomic mass is 9.67. The van der Waals surface area contributed by atoms with Gasteiger partial charge in [0, 0.05) is 13.1 Å². The maximum Gasteiger partial charge on any atom is 0.0780 e. The predicted octanol–water partition coefficient (Wildman–Crippen LogP) is 0.0729. The fourth-order valence-corrected chi connectivity index (χ4v) is 2.28. The zero-order valence-corrected chi connectivity index (χ0v) is 5.80. The molecule has 0 atom stereocenters. The summed E-state index contributed by atoms with van der Waals surface area (Å²) in [6, 6.07) is 0. The molecule has 0 amide bonds. The highest BCUT2D eigenvalue weighted by atomic mass is 16.3. The highest BCUT2D eigenvalue weighted by molar-refractivity contribution is 5.01. The molecule has 2 saturated heterocycles. The van der Waals surface area contributed by atoms with Crippen molar-refractivity contribution in [2.24, 2.45) is 5.92 Å². The molecule has 0 aromatic carbocycles. The normalized spacial score (nSPS) is 50.7. The molecule has 2 bridgehead atoms. The summed E-state index contributed by atoms with van der Waals surface area (Å²) in [6.45, 7) is 2.09. The lowest BCUT2D eigenvalue weighted by molar-refractivity contribution is -0.133. The summed E-state index contributed by atoms with van der Waals surface area (Å²) in [5.41, 5.74) is -0.280. The molecule has 1 saturated carbocycles. The first kappa shape index (κ1) is 5.69. The Hall–Kier alpha value is -0.0800. The molecule has 3 rings (SSSR count). The molecular formula is C7H13NO. The topological polar surface area (TPSA) is 23.5 Å². The van der Waals surface area contributed by atoms with E-state index in [0.717, 1.165) is 25.3 Å². The Morgan fingerprint density at radius 2 is 2.22 bits per heavy atom. The van der Waals surface area contributed by atoms with Gasteiger partial charge in [-0.3, -0.25) is 0 Å². The fraction of sp³-hybridized carbons (Fsp3) is 1.00. The van der Waals surface area contributed by atoms with Crippen molar-refractivity contribution in [1.29, 1.82) is 0 Å². The number of hydrogen-bond acceptors (Lipinski definition) is 2. The minimum Gasteiger partial charge on any atom is -0.389 e. The second-order valence-corrected chi connectivity index (χ2v) is 3.70. The van der Waals surface area contributed by atoms with Gasteiger partial charge in [-0.15, -0.1) is 0 Å². The smallest absolute Gasteiger partial charge is 0.0780 e. The van der Waals surface area contributed by atoms with E-state index in [4.69, 9.17) is 0 Å². The van der Waals surface area contributed by atoms with Crippen molar-refractivity contribution in [3.8, 4) is 0 Å². The van der Waals surface area contributed by atoms with E-state index >= 15 is 0 Å². The van der Waals surface area contributed by atoms with Crippen molar-refractivity contribution in [2.45, 2.75) is 18.4 Å². The SMILES string of the molecule is CN1CC2CC(O)(C2)C1. The summed E-state index contributed by atoms with van der Waals surface area (Å²) in [4.78, 5) is 2.22. The molecule has 9 heavy (non-hydrogen) atoms. The molecule has 0 aromatic heterocycles. The molecule has 2 heterocycles. The van der Waals surface area contributed by atoms with Gasteiger partial charge in [-0.1, -0.05) is 0 Å². The molecule has 3 aliphatic rings. The molecule has 2 heteroatoms. The molecule has 2 nitrogen and oxygen atoms in total. The van der Waals surface area contributed by atoms with E-state index < -0.39 is 0 Å². The van der Waals surface area contributed by atoms with Crippen LogP contribution in [-0.2, 0) is 0 Å². The summed E-state index contributed by atoms with van der Waals surface area (Å²) < 4.78 is 0. The molecule has 1 aliphatic carbocycles. The third kappa shape index (κ3) is 0.775. The Kier molecular flexibility index (Phi) is 0.945. The molecular weight excluding hydrogens is 114 g/mol. The van der Waals surface area contributed by atoms with E-state index in [0.29, 0.717) is 0 Å². The fourth-order valence-electron chi connectivity index (χ4n) is 2.28. The van der Waals surface area contributed by atoms with Crippen LogP contribution in [0.4, 0.5) is 0 Å². The van der Waals surface area contributed by atoms with Crippen LogP contribution in [0.15, 0.2) is 0 Å². The first-order chi connectivity index (χ1) is 4.18. The zero-order chi connectivity index (χ0) is 6.48. The molecule has 2 aliphatic heterocycles. The predicted molar refractivity (Wildman–Crippen MR) is 35.2 cm³/mol. The third-order valence-electron chi connectivity index (χ3n) is 2.47. The third-order valence-corrected chi connectivity index (χ3v) is 2.47. The van der Waals surface area contributed by atoms with Gasteiger partial charge >= 0.3 is 0 Å². The van der Waals surface area contributed by atoms with Crippen LogP contribution < -0.4 is 0 Å². The van der Waals surface area contributed by atoms with E-state index in [1.54, 1.807) is 0 Å². The van der Waals surface area contributed by atoms with Crippen LogP contribution in [0.5, 0.6) is 0 Å². The second kappa shape index (κ2) is 1.50.